The van der Waals surface area contributed by atoms with Gasteiger partial charge >= 0.3 is 0 Å². The van der Waals surface area contributed by atoms with Gasteiger partial charge < -0.3 is 15.5 Å². The molecule has 0 amide bonds. The molecule has 0 aromatic heterocycles. The molecule has 1 fully saturated rings. The van der Waals surface area contributed by atoms with Gasteiger partial charge in [-0.05, 0) is 42.0 Å². The molecule has 2 aromatic carbocycles. The largest absolute Gasteiger partial charge is 0.508 e. The average molecular weight is 271 g/mol. The number of aromatic hydroxyl groups is 2. The van der Waals surface area contributed by atoms with Crippen LogP contribution in [0.3, 0.4) is 0 Å². The van der Waals surface area contributed by atoms with E-state index in [0.717, 1.165) is 17.7 Å². The van der Waals surface area contributed by atoms with Gasteiger partial charge in [-0.15, -0.1) is 0 Å². The molecule has 1 saturated heterocycles. The molecule has 5 nitrogen and oxygen atoms in total. The third-order valence-corrected chi connectivity index (χ3v) is 3.41. The summed E-state index contributed by atoms with van der Waals surface area (Å²) in [5.74, 6) is 0.536. The molecule has 1 aliphatic heterocycles. The number of phenolic OH excluding ortho intramolecular Hbond substituents is 2. The summed E-state index contributed by atoms with van der Waals surface area (Å²) in [6, 6.07) is 14.4. The predicted octanol–water partition coefficient (Wildman–Crippen LogP) is 2.07. The molecule has 2 aromatic rings. The van der Waals surface area contributed by atoms with Crippen molar-refractivity contribution in [2.75, 3.05) is 5.32 Å². The first kappa shape index (κ1) is 12.8. The van der Waals surface area contributed by atoms with Crippen LogP contribution in [-0.4, -0.2) is 16.4 Å². The second-order valence-corrected chi connectivity index (χ2v) is 4.91. The summed E-state index contributed by atoms with van der Waals surface area (Å²) in [6.07, 6.45) is 0.990. The van der Waals surface area contributed by atoms with Crippen LogP contribution in [-0.2, 0) is 0 Å². The number of anilines is 1. The van der Waals surface area contributed by atoms with E-state index in [1.54, 1.807) is 24.3 Å². The molecule has 0 aliphatic carbocycles. The Kier molecular flexibility index (Phi) is 3.45. The van der Waals surface area contributed by atoms with Crippen LogP contribution in [0.2, 0.25) is 0 Å². The SMILES string of the molecule is Oc1ccc(NC2CC(c3ccc(O)cc3)NN2)cc1. The van der Waals surface area contributed by atoms with Crippen molar-refractivity contribution in [1.29, 1.82) is 0 Å². The van der Waals surface area contributed by atoms with Crippen LogP contribution in [0.15, 0.2) is 48.5 Å². The van der Waals surface area contributed by atoms with Crippen LogP contribution in [0, 0.1) is 0 Å². The van der Waals surface area contributed by atoms with Gasteiger partial charge in [0, 0.05) is 18.2 Å². The van der Waals surface area contributed by atoms with E-state index < -0.39 is 0 Å². The zero-order valence-electron chi connectivity index (χ0n) is 10.9. The first-order chi connectivity index (χ1) is 9.70. The number of benzene rings is 2. The number of hydrogen-bond donors (Lipinski definition) is 5. The maximum absolute atomic E-state index is 9.30. The monoisotopic (exact) mass is 271 g/mol. The Balaban J connectivity index is 1.62. The molecule has 20 heavy (non-hydrogen) atoms. The standard InChI is InChI=1S/C15H17N3O2/c19-12-5-1-10(2-6-12)14-9-15(18-17-14)16-11-3-7-13(20)8-4-11/h1-8,14-20H,9H2. The molecule has 0 spiro atoms. The van der Waals surface area contributed by atoms with Gasteiger partial charge in [0.1, 0.15) is 11.5 Å². The fourth-order valence-electron chi connectivity index (χ4n) is 2.33. The van der Waals surface area contributed by atoms with Gasteiger partial charge in [-0.3, -0.25) is 0 Å². The van der Waals surface area contributed by atoms with Crippen LogP contribution in [0.1, 0.15) is 18.0 Å². The summed E-state index contributed by atoms with van der Waals surface area (Å²) < 4.78 is 0. The quantitative estimate of drug-likeness (QED) is 0.553. The van der Waals surface area contributed by atoms with E-state index in [9.17, 15) is 10.2 Å². The van der Waals surface area contributed by atoms with Gasteiger partial charge in [-0.2, -0.15) is 0 Å². The van der Waals surface area contributed by atoms with Gasteiger partial charge in [-0.1, -0.05) is 12.1 Å². The molecule has 0 bridgehead atoms. The second kappa shape index (κ2) is 5.40. The lowest BCUT2D eigenvalue weighted by Gasteiger charge is -2.13. The molecular weight excluding hydrogens is 254 g/mol. The molecule has 2 unspecified atom stereocenters. The van der Waals surface area contributed by atoms with E-state index in [-0.39, 0.29) is 23.7 Å². The number of phenols is 2. The average Bonchev–Trinajstić information content (AvgIpc) is 2.91. The van der Waals surface area contributed by atoms with E-state index in [2.05, 4.69) is 16.2 Å². The fraction of sp³-hybridized carbons (Fsp3) is 0.200. The minimum Gasteiger partial charge on any atom is -0.508 e. The summed E-state index contributed by atoms with van der Waals surface area (Å²) in [5.41, 5.74) is 8.51. The molecule has 0 radical (unpaired) electrons. The Morgan fingerprint density at radius 2 is 1.45 bits per heavy atom. The Morgan fingerprint density at radius 3 is 2.10 bits per heavy atom. The zero-order valence-corrected chi connectivity index (χ0v) is 10.9. The Morgan fingerprint density at radius 1 is 0.850 bits per heavy atom. The van der Waals surface area contributed by atoms with E-state index in [0.29, 0.717) is 0 Å². The summed E-state index contributed by atoms with van der Waals surface area (Å²) in [4.78, 5) is 0. The first-order valence-corrected chi connectivity index (χ1v) is 6.56. The number of hydrogen-bond acceptors (Lipinski definition) is 5. The lowest BCUT2D eigenvalue weighted by Crippen LogP contribution is -2.35. The van der Waals surface area contributed by atoms with Crippen LogP contribution < -0.4 is 16.2 Å². The summed E-state index contributed by atoms with van der Waals surface area (Å²) in [7, 11) is 0. The highest BCUT2D eigenvalue weighted by Gasteiger charge is 2.24. The van der Waals surface area contributed by atoms with Crippen molar-refractivity contribution < 1.29 is 10.2 Å². The van der Waals surface area contributed by atoms with Gasteiger partial charge in [0.2, 0.25) is 0 Å². The molecule has 1 aliphatic rings. The lowest BCUT2D eigenvalue weighted by atomic mass is 10.0. The third kappa shape index (κ3) is 2.84. The molecule has 3 rings (SSSR count). The van der Waals surface area contributed by atoms with Gasteiger partial charge in [0.25, 0.3) is 0 Å². The normalized spacial score (nSPS) is 21.8. The van der Waals surface area contributed by atoms with Gasteiger partial charge in [-0.25, -0.2) is 10.9 Å². The molecule has 5 N–H and O–H groups in total. The van der Waals surface area contributed by atoms with Crippen LogP contribution in [0.4, 0.5) is 5.69 Å². The molecule has 1 heterocycles. The van der Waals surface area contributed by atoms with Crippen molar-refractivity contribution in [1.82, 2.24) is 10.9 Å². The highest BCUT2D eigenvalue weighted by atomic mass is 16.3. The highest BCUT2D eigenvalue weighted by Crippen LogP contribution is 2.25. The van der Waals surface area contributed by atoms with Crippen LogP contribution >= 0.6 is 0 Å². The second-order valence-electron chi connectivity index (χ2n) is 4.91. The molecule has 0 saturated carbocycles. The fourth-order valence-corrected chi connectivity index (χ4v) is 2.33. The number of nitrogens with one attached hydrogen (secondary N) is 3. The smallest absolute Gasteiger partial charge is 0.115 e. The minimum atomic E-state index is 0.110. The van der Waals surface area contributed by atoms with Gasteiger partial charge in [0.15, 0.2) is 0 Å². The number of hydrazine groups is 1. The Bertz CT molecular complexity index is 569. The highest BCUT2D eigenvalue weighted by molar-refractivity contribution is 5.46. The van der Waals surface area contributed by atoms with E-state index in [4.69, 9.17) is 0 Å². The third-order valence-electron chi connectivity index (χ3n) is 3.41. The van der Waals surface area contributed by atoms with Crippen LogP contribution in [0.5, 0.6) is 11.5 Å². The van der Waals surface area contributed by atoms with Crippen molar-refractivity contribution in [3.05, 3.63) is 54.1 Å². The summed E-state index contributed by atoms with van der Waals surface area (Å²) in [5, 5.41) is 21.9. The van der Waals surface area contributed by atoms with Crippen molar-refractivity contribution >= 4 is 5.69 Å². The summed E-state index contributed by atoms with van der Waals surface area (Å²) >= 11 is 0. The molecule has 104 valence electrons. The maximum atomic E-state index is 9.30. The zero-order chi connectivity index (χ0) is 13.9. The Hall–Kier alpha value is -2.24. The Labute approximate surface area is 117 Å². The first-order valence-electron chi connectivity index (χ1n) is 6.56. The topological polar surface area (TPSA) is 76.5 Å². The van der Waals surface area contributed by atoms with E-state index >= 15 is 0 Å². The molecule has 5 heteroatoms. The van der Waals surface area contributed by atoms with E-state index in [1.165, 1.54) is 0 Å². The van der Waals surface area contributed by atoms with Gasteiger partial charge in [0.05, 0.1) is 6.17 Å². The van der Waals surface area contributed by atoms with Crippen molar-refractivity contribution in [2.24, 2.45) is 0 Å². The van der Waals surface area contributed by atoms with Crippen molar-refractivity contribution in [3.8, 4) is 11.5 Å². The summed E-state index contributed by atoms with van der Waals surface area (Å²) in [6.45, 7) is 0. The number of rotatable bonds is 3. The maximum Gasteiger partial charge on any atom is 0.115 e. The lowest BCUT2D eigenvalue weighted by molar-refractivity contribution is 0.474. The predicted molar refractivity (Wildman–Crippen MR) is 77.3 cm³/mol. The molecule has 2 atom stereocenters. The molecular formula is C15H17N3O2. The minimum absolute atomic E-state index is 0.110. The van der Waals surface area contributed by atoms with Crippen molar-refractivity contribution in [3.63, 3.8) is 0 Å². The van der Waals surface area contributed by atoms with Crippen LogP contribution in [0.25, 0.3) is 0 Å². The van der Waals surface area contributed by atoms with E-state index in [1.807, 2.05) is 24.3 Å². The van der Waals surface area contributed by atoms with Crippen molar-refractivity contribution in [2.45, 2.75) is 18.6 Å².